The van der Waals surface area contributed by atoms with E-state index < -0.39 is 6.61 Å². The van der Waals surface area contributed by atoms with Gasteiger partial charge in [0.25, 0.3) is 0 Å². The molecule has 11 heteroatoms. The van der Waals surface area contributed by atoms with Gasteiger partial charge in [-0.1, -0.05) is 23.9 Å². The number of hydrogen-bond acceptors (Lipinski definition) is 7. The Morgan fingerprint density at radius 2 is 2.07 bits per heavy atom. The Labute approximate surface area is 171 Å². The SMILES string of the molecule is CCn1c(CN2CCOCC2)nnc1SCC(=O)Nc1ccccc1OC(F)F. The molecule has 158 valence electrons. The second-order valence-electron chi connectivity index (χ2n) is 6.24. The van der Waals surface area contributed by atoms with Crippen LogP contribution < -0.4 is 10.1 Å². The number of amides is 1. The number of rotatable bonds is 9. The van der Waals surface area contributed by atoms with Crippen LogP contribution in [0.4, 0.5) is 14.5 Å². The predicted octanol–water partition coefficient (Wildman–Crippen LogP) is 2.46. The lowest BCUT2D eigenvalue weighted by Gasteiger charge is -2.26. The number of benzene rings is 1. The topological polar surface area (TPSA) is 81.5 Å². The number of aromatic nitrogens is 3. The number of nitrogens with zero attached hydrogens (tertiary/aromatic N) is 4. The fourth-order valence-corrected chi connectivity index (χ4v) is 3.73. The fourth-order valence-electron chi connectivity index (χ4n) is 2.90. The number of para-hydroxylation sites is 2. The molecular weight excluding hydrogens is 404 g/mol. The summed E-state index contributed by atoms with van der Waals surface area (Å²) in [5.41, 5.74) is 0.198. The number of nitrogens with one attached hydrogen (secondary N) is 1. The number of alkyl halides is 2. The van der Waals surface area contributed by atoms with Crippen LogP contribution in [0.2, 0.25) is 0 Å². The highest BCUT2D eigenvalue weighted by molar-refractivity contribution is 7.99. The maximum Gasteiger partial charge on any atom is 0.387 e. The van der Waals surface area contributed by atoms with Gasteiger partial charge in [-0.15, -0.1) is 10.2 Å². The Morgan fingerprint density at radius 3 is 2.79 bits per heavy atom. The van der Waals surface area contributed by atoms with Crippen molar-refractivity contribution in [3.05, 3.63) is 30.1 Å². The molecule has 8 nitrogen and oxygen atoms in total. The van der Waals surface area contributed by atoms with Gasteiger partial charge in [-0.2, -0.15) is 8.78 Å². The first-order valence-corrected chi connectivity index (χ1v) is 10.2. The monoisotopic (exact) mass is 427 g/mol. The van der Waals surface area contributed by atoms with Crippen LogP contribution in [0.25, 0.3) is 0 Å². The molecule has 0 atom stereocenters. The quantitative estimate of drug-likeness (QED) is 0.616. The highest BCUT2D eigenvalue weighted by Gasteiger charge is 2.18. The van der Waals surface area contributed by atoms with E-state index in [9.17, 15) is 13.6 Å². The Hall–Kier alpha value is -2.24. The van der Waals surface area contributed by atoms with Gasteiger partial charge in [0.05, 0.1) is 31.2 Å². The van der Waals surface area contributed by atoms with Crippen molar-refractivity contribution in [2.45, 2.75) is 31.8 Å². The first kappa shape index (κ1) is 21.5. The number of carbonyl (C=O) groups excluding carboxylic acids is 1. The Bertz CT molecular complexity index is 815. The molecule has 2 aromatic rings. The Balaban J connectivity index is 1.58. The molecule has 0 unspecified atom stereocenters. The number of anilines is 1. The van der Waals surface area contributed by atoms with Crippen molar-refractivity contribution in [1.82, 2.24) is 19.7 Å². The van der Waals surface area contributed by atoms with Gasteiger partial charge in [-0.3, -0.25) is 9.69 Å². The molecule has 1 N–H and O–H groups in total. The lowest BCUT2D eigenvalue weighted by Crippen LogP contribution is -2.36. The highest BCUT2D eigenvalue weighted by Crippen LogP contribution is 2.26. The van der Waals surface area contributed by atoms with Crippen LogP contribution in [-0.2, 0) is 22.6 Å². The van der Waals surface area contributed by atoms with Crippen molar-refractivity contribution in [1.29, 1.82) is 0 Å². The Morgan fingerprint density at radius 1 is 1.31 bits per heavy atom. The number of halogens is 2. The lowest BCUT2D eigenvalue weighted by molar-refractivity contribution is -0.113. The molecule has 3 rings (SSSR count). The second-order valence-corrected chi connectivity index (χ2v) is 7.19. The summed E-state index contributed by atoms with van der Waals surface area (Å²) in [6.07, 6.45) is 0. The summed E-state index contributed by atoms with van der Waals surface area (Å²) in [6, 6.07) is 6.07. The molecule has 2 heterocycles. The van der Waals surface area contributed by atoms with Crippen LogP contribution in [-0.4, -0.2) is 64.2 Å². The molecule has 1 fully saturated rings. The first-order chi connectivity index (χ1) is 14.1. The van der Waals surface area contributed by atoms with E-state index in [0.29, 0.717) is 31.5 Å². The zero-order valence-electron chi connectivity index (χ0n) is 16.0. The van der Waals surface area contributed by atoms with Gasteiger partial charge in [0, 0.05) is 19.6 Å². The maximum atomic E-state index is 12.5. The molecule has 0 saturated carbocycles. The number of ether oxygens (including phenoxy) is 2. The van der Waals surface area contributed by atoms with Crippen LogP contribution in [0, 0.1) is 0 Å². The molecule has 1 aromatic heterocycles. The molecule has 0 radical (unpaired) electrons. The van der Waals surface area contributed by atoms with E-state index in [4.69, 9.17) is 4.74 Å². The molecule has 1 saturated heterocycles. The zero-order valence-corrected chi connectivity index (χ0v) is 16.8. The molecule has 1 aliphatic rings. The Kier molecular flexibility index (Phi) is 7.78. The third-order valence-corrected chi connectivity index (χ3v) is 5.25. The van der Waals surface area contributed by atoms with Crippen LogP contribution in [0.15, 0.2) is 29.4 Å². The zero-order chi connectivity index (χ0) is 20.6. The molecule has 0 spiro atoms. The number of carbonyl (C=O) groups is 1. The number of hydrogen-bond donors (Lipinski definition) is 1. The summed E-state index contributed by atoms with van der Waals surface area (Å²) < 4.78 is 36.7. The number of morpholine rings is 1. The predicted molar refractivity (Wildman–Crippen MR) is 104 cm³/mol. The van der Waals surface area contributed by atoms with E-state index in [0.717, 1.165) is 18.9 Å². The third kappa shape index (κ3) is 6.12. The second kappa shape index (κ2) is 10.5. The average molecular weight is 427 g/mol. The summed E-state index contributed by atoms with van der Waals surface area (Å²) in [5.74, 6) is 0.484. The van der Waals surface area contributed by atoms with E-state index in [1.165, 1.54) is 23.9 Å². The summed E-state index contributed by atoms with van der Waals surface area (Å²) in [4.78, 5) is 14.5. The third-order valence-electron chi connectivity index (χ3n) is 4.29. The van der Waals surface area contributed by atoms with Gasteiger partial charge < -0.3 is 19.4 Å². The minimum absolute atomic E-state index is 0.0682. The molecule has 1 aliphatic heterocycles. The van der Waals surface area contributed by atoms with E-state index in [2.05, 4.69) is 25.2 Å². The minimum Gasteiger partial charge on any atom is -0.433 e. The normalized spacial score (nSPS) is 14.9. The smallest absolute Gasteiger partial charge is 0.387 e. The van der Waals surface area contributed by atoms with Crippen LogP contribution in [0.3, 0.4) is 0 Å². The number of thioether (sulfide) groups is 1. The van der Waals surface area contributed by atoms with Crippen molar-refractivity contribution >= 4 is 23.4 Å². The van der Waals surface area contributed by atoms with Crippen LogP contribution >= 0.6 is 11.8 Å². The molecular formula is C18H23F2N5O3S. The first-order valence-electron chi connectivity index (χ1n) is 9.25. The van der Waals surface area contributed by atoms with Gasteiger partial charge in [0.15, 0.2) is 5.16 Å². The van der Waals surface area contributed by atoms with E-state index in [1.54, 1.807) is 12.1 Å². The molecule has 1 amide bonds. The highest BCUT2D eigenvalue weighted by atomic mass is 32.2. The standard InChI is InChI=1S/C18H23F2N5O3S/c1-2-25-15(11-24-7-9-27-10-8-24)22-23-18(25)29-12-16(26)21-13-5-3-4-6-14(13)28-17(19)20/h3-6,17H,2,7-12H2,1H3,(H,21,26). The largest absolute Gasteiger partial charge is 0.433 e. The summed E-state index contributed by atoms with van der Waals surface area (Å²) in [7, 11) is 0. The fraction of sp³-hybridized carbons (Fsp3) is 0.500. The van der Waals surface area contributed by atoms with Crippen molar-refractivity contribution < 1.29 is 23.0 Å². The van der Waals surface area contributed by atoms with E-state index in [-0.39, 0.29) is 23.1 Å². The van der Waals surface area contributed by atoms with Gasteiger partial charge in [-0.25, -0.2) is 0 Å². The average Bonchev–Trinajstić information content (AvgIpc) is 3.09. The van der Waals surface area contributed by atoms with Gasteiger partial charge in [0.1, 0.15) is 11.6 Å². The van der Waals surface area contributed by atoms with Crippen molar-refractivity contribution in [2.24, 2.45) is 0 Å². The van der Waals surface area contributed by atoms with Crippen molar-refractivity contribution in [2.75, 3.05) is 37.4 Å². The summed E-state index contributed by atoms with van der Waals surface area (Å²) >= 11 is 1.25. The van der Waals surface area contributed by atoms with Crippen molar-refractivity contribution in [3.8, 4) is 5.75 Å². The van der Waals surface area contributed by atoms with Gasteiger partial charge in [-0.05, 0) is 19.1 Å². The van der Waals surface area contributed by atoms with Crippen LogP contribution in [0.5, 0.6) is 5.75 Å². The molecule has 29 heavy (non-hydrogen) atoms. The molecule has 1 aromatic carbocycles. The molecule has 0 aliphatic carbocycles. The summed E-state index contributed by atoms with van der Waals surface area (Å²) in [5, 5.41) is 11.7. The van der Waals surface area contributed by atoms with E-state index >= 15 is 0 Å². The maximum absolute atomic E-state index is 12.5. The van der Waals surface area contributed by atoms with E-state index in [1.807, 2.05) is 11.5 Å². The molecule has 0 bridgehead atoms. The van der Waals surface area contributed by atoms with Crippen molar-refractivity contribution in [3.63, 3.8) is 0 Å². The summed E-state index contributed by atoms with van der Waals surface area (Å²) in [6.45, 7) is 3.50. The minimum atomic E-state index is -2.96. The van der Waals surface area contributed by atoms with Gasteiger partial charge in [0.2, 0.25) is 5.91 Å². The lowest BCUT2D eigenvalue weighted by atomic mass is 10.3. The van der Waals surface area contributed by atoms with Crippen LogP contribution in [0.1, 0.15) is 12.7 Å². The van der Waals surface area contributed by atoms with Gasteiger partial charge >= 0.3 is 6.61 Å².